The molecule has 0 saturated heterocycles. The predicted molar refractivity (Wildman–Crippen MR) is 77.3 cm³/mol. The molecular weight excluding hydrogens is 330 g/mol. The van der Waals surface area contributed by atoms with Gasteiger partial charge < -0.3 is 9.84 Å². The molecule has 98 valence electrons. The minimum absolute atomic E-state index is 0.404. The largest absolute Gasteiger partial charge is 0.486 e. The number of aliphatic carboxylic acids is 1. The summed E-state index contributed by atoms with van der Waals surface area (Å²) in [5.74, 6) is -0.315. The van der Waals surface area contributed by atoms with Crippen molar-refractivity contribution in [2.24, 2.45) is 0 Å². The molecule has 19 heavy (non-hydrogen) atoms. The number of benzene rings is 1. The number of hydrogen-bond donors (Lipinski definition) is 1. The number of aromatic nitrogens is 1. The third-order valence-electron chi connectivity index (χ3n) is 2.22. The van der Waals surface area contributed by atoms with Crippen LogP contribution in [0.1, 0.15) is 10.6 Å². The summed E-state index contributed by atoms with van der Waals surface area (Å²) in [7, 11) is 0. The van der Waals surface area contributed by atoms with Gasteiger partial charge in [0.15, 0.2) is 0 Å². The van der Waals surface area contributed by atoms with Crippen molar-refractivity contribution in [3.05, 3.63) is 50.9 Å². The minimum atomic E-state index is -0.985. The Morgan fingerprint density at radius 3 is 3.05 bits per heavy atom. The van der Waals surface area contributed by atoms with Crippen LogP contribution in [-0.2, 0) is 11.4 Å². The molecule has 0 fully saturated rings. The molecule has 0 spiro atoms. The number of halogens is 1. The van der Waals surface area contributed by atoms with Crippen LogP contribution in [-0.4, -0.2) is 16.1 Å². The summed E-state index contributed by atoms with van der Waals surface area (Å²) in [6.07, 6.45) is 4.33. The quantitative estimate of drug-likeness (QED) is 0.845. The summed E-state index contributed by atoms with van der Waals surface area (Å²) in [6, 6.07) is 5.41. The Bertz CT molecular complexity index is 596. The first-order valence-electron chi connectivity index (χ1n) is 5.37. The molecule has 2 rings (SSSR count). The molecular formula is C13H10BrNO3S. The van der Waals surface area contributed by atoms with Crippen molar-refractivity contribution in [1.82, 2.24) is 4.98 Å². The van der Waals surface area contributed by atoms with Crippen molar-refractivity contribution in [3.8, 4) is 5.75 Å². The van der Waals surface area contributed by atoms with E-state index in [-0.39, 0.29) is 0 Å². The molecule has 1 N–H and O–H groups in total. The minimum Gasteiger partial charge on any atom is -0.486 e. The number of thiazole rings is 1. The Morgan fingerprint density at radius 1 is 1.53 bits per heavy atom. The highest BCUT2D eigenvalue weighted by Gasteiger charge is 2.02. The van der Waals surface area contributed by atoms with Gasteiger partial charge in [-0.15, -0.1) is 11.3 Å². The van der Waals surface area contributed by atoms with E-state index < -0.39 is 5.97 Å². The number of rotatable bonds is 5. The fourth-order valence-electron chi connectivity index (χ4n) is 1.37. The molecule has 0 aliphatic heterocycles. The highest BCUT2D eigenvalue weighted by atomic mass is 79.9. The molecule has 1 aromatic heterocycles. The lowest BCUT2D eigenvalue weighted by atomic mass is 10.2. The summed E-state index contributed by atoms with van der Waals surface area (Å²) in [5.41, 5.74) is 0.749. The van der Waals surface area contributed by atoms with Gasteiger partial charge in [0.25, 0.3) is 0 Å². The van der Waals surface area contributed by atoms with E-state index in [1.807, 2.05) is 17.5 Å². The summed E-state index contributed by atoms with van der Waals surface area (Å²) in [5, 5.41) is 11.4. The number of nitrogens with zero attached hydrogens (tertiary/aromatic N) is 1. The Balaban J connectivity index is 2.09. The monoisotopic (exact) mass is 339 g/mol. The molecule has 6 heteroatoms. The second kappa shape index (κ2) is 6.49. The highest BCUT2D eigenvalue weighted by molar-refractivity contribution is 9.10. The summed E-state index contributed by atoms with van der Waals surface area (Å²) >= 11 is 4.89. The van der Waals surface area contributed by atoms with Crippen LogP contribution < -0.4 is 4.74 Å². The van der Waals surface area contributed by atoms with Crippen LogP contribution in [0, 0.1) is 0 Å². The molecule has 0 aliphatic rings. The number of carbonyl (C=O) groups is 1. The first-order valence-corrected chi connectivity index (χ1v) is 7.04. The van der Waals surface area contributed by atoms with Gasteiger partial charge in [-0.1, -0.05) is 15.9 Å². The van der Waals surface area contributed by atoms with Crippen molar-refractivity contribution in [1.29, 1.82) is 0 Å². The van der Waals surface area contributed by atoms with E-state index in [0.717, 1.165) is 21.1 Å². The zero-order valence-corrected chi connectivity index (χ0v) is 12.1. The Kier molecular flexibility index (Phi) is 4.70. The maximum absolute atomic E-state index is 10.5. The lowest BCUT2D eigenvalue weighted by Gasteiger charge is -2.06. The second-order valence-corrected chi connectivity index (χ2v) is 5.40. The lowest BCUT2D eigenvalue weighted by Crippen LogP contribution is -1.95. The predicted octanol–water partition coefficient (Wildman–Crippen LogP) is 3.58. The van der Waals surface area contributed by atoms with Crippen molar-refractivity contribution < 1.29 is 14.6 Å². The van der Waals surface area contributed by atoms with E-state index in [9.17, 15) is 4.79 Å². The molecule has 0 bridgehead atoms. The van der Waals surface area contributed by atoms with Crippen LogP contribution in [0.15, 0.2) is 40.3 Å². The van der Waals surface area contributed by atoms with Crippen LogP contribution in [0.25, 0.3) is 6.08 Å². The average Bonchev–Trinajstić information content (AvgIpc) is 2.89. The van der Waals surface area contributed by atoms with Crippen molar-refractivity contribution in [2.75, 3.05) is 0 Å². The summed E-state index contributed by atoms with van der Waals surface area (Å²) < 4.78 is 6.41. The second-order valence-electron chi connectivity index (χ2n) is 3.57. The number of carboxylic acid groups (broad SMARTS) is 1. The van der Waals surface area contributed by atoms with Gasteiger partial charge in [0.2, 0.25) is 0 Å². The molecule has 0 amide bonds. The lowest BCUT2D eigenvalue weighted by molar-refractivity contribution is -0.131. The van der Waals surface area contributed by atoms with E-state index in [4.69, 9.17) is 9.84 Å². The van der Waals surface area contributed by atoms with E-state index in [1.54, 1.807) is 12.3 Å². The topological polar surface area (TPSA) is 59.4 Å². The molecule has 0 radical (unpaired) electrons. The molecule has 4 nitrogen and oxygen atoms in total. The van der Waals surface area contributed by atoms with Gasteiger partial charge in [0.05, 0.1) is 0 Å². The fourth-order valence-corrected chi connectivity index (χ4v) is 2.28. The Labute approximate surface area is 122 Å². The van der Waals surface area contributed by atoms with Crippen molar-refractivity contribution in [3.63, 3.8) is 0 Å². The smallest absolute Gasteiger partial charge is 0.328 e. The van der Waals surface area contributed by atoms with Gasteiger partial charge in [-0.25, -0.2) is 9.78 Å². The third-order valence-corrected chi connectivity index (χ3v) is 3.69. The van der Waals surface area contributed by atoms with Crippen LogP contribution in [0.3, 0.4) is 0 Å². The molecule has 1 heterocycles. The molecule has 0 atom stereocenters. The molecule has 0 aliphatic carbocycles. The van der Waals surface area contributed by atoms with Gasteiger partial charge in [-0.3, -0.25) is 0 Å². The molecule has 0 saturated carbocycles. The number of hydrogen-bond acceptors (Lipinski definition) is 4. The van der Waals surface area contributed by atoms with E-state index in [2.05, 4.69) is 20.9 Å². The van der Waals surface area contributed by atoms with Gasteiger partial charge in [-0.2, -0.15) is 0 Å². The first-order chi connectivity index (χ1) is 9.15. The van der Waals surface area contributed by atoms with Gasteiger partial charge >= 0.3 is 5.97 Å². The van der Waals surface area contributed by atoms with Crippen LogP contribution in [0.5, 0.6) is 5.75 Å². The van der Waals surface area contributed by atoms with Gasteiger partial charge in [0, 0.05) is 22.1 Å². The van der Waals surface area contributed by atoms with Gasteiger partial charge in [0.1, 0.15) is 17.4 Å². The average molecular weight is 340 g/mol. The van der Waals surface area contributed by atoms with E-state index >= 15 is 0 Å². The summed E-state index contributed by atoms with van der Waals surface area (Å²) in [4.78, 5) is 14.6. The van der Waals surface area contributed by atoms with E-state index in [0.29, 0.717) is 12.4 Å². The zero-order valence-electron chi connectivity index (χ0n) is 9.75. The Hall–Kier alpha value is -1.66. The van der Waals surface area contributed by atoms with Gasteiger partial charge in [-0.05, 0) is 29.8 Å². The third kappa shape index (κ3) is 4.18. The van der Waals surface area contributed by atoms with E-state index in [1.165, 1.54) is 17.4 Å². The fraction of sp³-hybridized carbons (Fsp3) is 0.0769. The molecule has 2 aromatic rings. The molecule has 0 unspecified atom stereocenters. The standard InChI is InChI=1S/C13H10BrNO3S/c14-11-3-2-10(7-9(11)1-4-13(16)17)18-8-12-15-5-6-19-12/h1-7H,8H2,(H,16,17)/b4-1+. The van der Waals surface area contributed by atoms with Crippen molar-refractivity contribution >= 4 is 39.3 Å². The molecule has 1 aromatic carbocycles. The number of carboxylic acids is 1. The highest BCUT2D eigenvalue weighted by Crippen LogP contribution is 2.24. The van der Waals surface area contributed by atoms with Crippen LogP contribution in [0.4, 0.5) is 0 Å². The summed E-state index contributed by atoms with van der Waals surface area (Å²) in [6.45, 7) is 0.404. The van der Waals surface area contributed by atoms with Crippen LogP contribution >= 0.6 is 27.3 Å². The normalized spacial score (nSPS) is 10.8. The maximum atomic E-state index is 10.5. The zero-order chi connectivity index (χ0) is 13.7. The SMILES string of the molecule is O=C(O)/C=C/c1cc(OCc2nccs2)ccc1Br. The number of ether oxygens (including phenoxy) is 1. The Morgan fingerprint density at radius 2 is 2.37 bits per heavy atom. The maximum Gasteiger partial charge on any atom is 0.328 e. The van der Waals surface area contributed by atoms with Crippen molar-refractivity contribution in [2.45, 2.75) is 6.61 Å². The first kappa shape index (κ1) is 13.8. The van der Waals surface area contributed by atoms with Crippen LogP contribution in [0.2, 0.25) is 0 Å².